The minimum absolute atomic E-state index is 0.0294. The van der Waals surface area contributed by atoms with Crippen LogP contribution in [0, 0.1) is 21.4 Å². The highest BCUT2D eigenvalue weighted by molar-refractivity contribution is 5.41. The van der Waals surface area contributed by atoms with Crippen LogP contribution in [0.1, 0.15) is 24.3 Å². The Morgan fingerprint density at radius 3 is 2.77 bits per heavy atom. The van der Waals surface area contributed by atoms with Gasteiger partial charge >= 0.3 is 5.82 Å². The van der Waals surface area contributed by atoms with Gasteiger partial charge in [-0.05, 0) is 11.8 Å². The van der Waals surface area contributed by atoms with Crippen LogP contribution in [-0.2, 0) is 0 Å². The topological polar surface area (TPSA) is 103 Å². The lowest BCUT2D eigenvalue weighted by molar-refractivity contribution is -0.389. The van der Waals surface area contributed by atoms with Crippen molar-refractivity contribution >= 4 is 5.82 Å². The second-order valence-electron chi connectivity index (χ2n) is 2.53. The van der Waals surface area contributed by atoms with Gasteiger partial charge in [0.1, 0.15) is 6.07 Å². The van der Waals surface area contributed by atoms with Gasteiger partial charge in [0.15, 0.2) is 0 Å². The highest BCUT2D eigenvalue weighted by atomic mass is 16.6. The number of aliphatic hydroxyl groups is 1. The number of nitro groups is 1. The fourth-order valence-corrected chi connectivity index (χ4v) is 0.976. The molecule has 0 fully saturated rings. The molecule has 1 heterocycles. The summed E-state index contributed by atoms with van der Waals surface area (Å²) < 4.78 is 0. The molecule has 0 saturated carbocycles. The molecule has 1 atom stereocenters. The van der Waals surface area contributed by atoms with E-state index in [1.807, 2.05) is 0 Å². The molecule has 0 bridgehead atoms. The lowest BCUT2D eigenvalue weighted by Crippen LogP contribution is -1.91. The molecular weight excluding hydrogens is 174 g/mol. The quantitative estimate of drug-likeness (QED) is 0.521. The Kier molecular flexibility index (Phi) is 2.30. The summed E-state index contributed by atoms with van der Waals surface area (Å²) in [6.07, 6.45) is -0.889. The Labute approximate surface area is 73.6 Å². The molecule has 1 aromatic rings. The molecule has 0 saturated heterocycles. The van der Waals surface area contributed by atoms with Crippen molar-refractivity contribution < 1.29 is 10.0 Å². The molecule has 0 aromatic carbocycles. The average Bonchev–Trinajstić information content (AvgIpc) is 2.47. The monoisotopic (exact) mass is 181 g/mol. The van der Waals surface area contributed by atoms with E-state index >= 15 is 0 Å². The molecule has 0 aliphatic heterocycles. The number of nitrogens with zero attached hydrogens (tertiary/aromatic N) is 2. The van der Waals surface area contributed by atoms with Crippen molar-refractivity contribution in [3.8, 4) is 6.07 Å². The Morgan fingerprint density at radius 1 is 1.85 bits per heavy atom. The second-order valence-corrected chi connectivity index (χ2v) is 2.53. The SMILES string of the molecule is CC(O)c1cc([N+](=O)[O-])[nH]c1C#N. The lowest BCUT2D eigenvalue weighted by Gasteiger charge is -1.96. The molecule has 0 aliphatic carbocycles. The van der Waals surface area contributed by atoms with E-state index in [9.17, 15) is 10.1 Å². The van der Waals surface area contributed by atoms with Gasteiger partial charge in [0.05, 0.1) is 6.10 Å². The maximum atomic E-state index is 10.3. The largest absolute Gasteiger partial charge is 0.389 e. The Balaban J connectivity index is 3.21. The van der Waals surface area contributed by atoms with Gasteiger partial charge in [-0.3, -0.25) is 0 Å². The van der Waals surface area contributed by atoms with Gasteiger partial charge < -0.3 is 15.2 Å². The van der Waals surface area contributed by atoms with Gasteiger partial charge in [0.25, 0.3) is 0 Å². The lowest BCUT2D eigenvalue weighted by atomic mass is 10.1. The Morgan fingerprint density at radius 2 is 2.46 bits per heavy atom. The standard InChI is InChI=1S/C7H7N3O3/c1-4(11)5-2-7(10(12)13)9-6(5)3-8/h2,4,9,11H,1H3. The first-order valence-corrected chi connectivity index (χ1v) is 3.51. The van der Waals surface area contributed by atoms with Crippen molar-refractivity contribution in [1.82, 2.24) is 4.98 Å². The molecule has 6 nitrogen and oxygen atoms in total. The maximum Gasteiger partial charge on any atom is 0.322 e. The number of H-pyrrole nitrogens is 1. The van der Waals surface area contributed by atoms with Crippen LogP contribution in [0.3, 0.4) is 0 Å². The molecule has 13 heavy (non-hydrogen) atoms. The van der Waals surface area contributed by atoms with Gasteiger partial charge in [-0.25, -0.2) is 4.98 Å². The summed E-state index contributed by atoms with van der Waals surface area (Å²) in [7, 11) is 0. The molecule has 68 valence electrons. The summed E-state index contributed by atoms with van der Waals surface area (Å²) in [5, 5.41) is 28.0. The van der Waals surface area contributed by atoms with Gasteiger partial charge in [-0.1, -0.05) is 0 Å². The van der Waals surface area contributed by atoms with Gasteiger partial charge in [0, 0.05) is 11.6 Å². The second kappa shape index (κ2) is 3.25. The van der Waals surface area contributed by atoms with Crippen LogP contribution >= 0.6 is 0 Å². The van der Waals surface area contributed by atoms with Crippen molar-refractivity contribution in [3.63, 3.8) is 0 Å². The van der Waals surface area contributed by atoms with Crippen LogP contribution in [0.25, 0.3) is 0 Å². The first-order valence-electron chi connectivity index (χ1n) is 3.51. The fraction of sp³-hybridized carbons (Fsp3) is 0.286. The Hall–Kier alpha value is -1.87. The molecule has 0 radical (unpaired) electrons. The summed E-state index contributed by atoms with van der Waals surface area (Å²) in [5.41, 5.74) is 0.274. The highest BCUT2D eigenvalue weighted by Gasteiger charge is 2.18. The molecule has 0 spiro atoms. The third kappa shape index (κ3) is 1.65. The predicted molar refractivity (Wildman–Crippen MR) is 42.8 cm³/mol. The number of aromatic amines is 1. The number of rotatable bonds is 2. The van der Waals surface area contributed by atoms with Crippen molar-refractivity contribution in [1.29, 1.82) is 5.26 Å². The normalized spacial score (nSPS) is 12.1. The third-order valence-corrected chi connectivity index (χ3v) is 1.59. The molecular formula is C7H7N3O3. The van der Waals surface area contributed by atoms with E-state index in [1.165, 1.54) is 6.92 Å². The molecule has 1 aromatic heterocycles. The smallest absolute Gasteiger partial charge is 0.322 e. The van der Waals surface area contributed by atoms with E-state index in [1.54, 1.807) is 6.07 Å². The number of aliphatic hydroxyl groups excluding tert-OH is 1. The first-order chi connectivity index (χ1) is 6.06. The molecule has 0 aliphatic rings. The van der Waals surface area contributed by atoms with Crippen molar-refractivity contribution in [2.24, 2.45) is 0 Å². The van der Waals surface area contributed by atoms with Crippen molar-refractivity contribution in [2.75, 3.05) is 0 Å². The minimum atomic E-state index is -0.889. The van der Waals surface area contributed by atoms with E-state index < -0.39 is 11.0 Å². The van der Waals surface area contributed by atoms with E-state index in [2.05, 4.69) is 4.98 Å². The zero-order valence-electron chi connectivity index (χ0n) is 6.81. The summed E-state index contributed by atoms with van der Waals surface area (Å²) in [6, 6.07) is 2.89. The minimum Gasteiger partial charge on any atom is -0.389 e. The average molecular weight is 181 g/mol. The zero-order chi connectivity index (χ0) is 10.0. The molecule has 0 amide bonds. The molecule has 1 rings (SSSR count). The summed E-state index contributed by atoms with van der Waals surface area (Å²) in [4.78, 5) is 11.9. The van der Waals surface area contributed by atoms with E-state index in [-0.39, 0.29) is 17.1 Å². The third-order valence-electron chi connectivity index (χ3n) is 1.59. The van der Waals surface area contributed by atoms with Gasteiger partial charge in [-0.2, -0.15) is 5.26 Å². The predicted octanol–water partition coefficient (Wildman–Crippen LogP) is 0.848. The van der Waals surface area contributed by atoms with E-state index in [0.29, 0.717) is 0 Å². The molecule has 1 unspecified atom stereocenters. The van der Waals surface area contributed by atoms with Crippen LogP contribution in [-0.4, -0.2) is 15.0 Å². The van der Waals surface area contributed by atoms with E-state index in [0.717, 1.165) is 6.07 Å². The van der Waals surface area contributed by atoms with Crippen LogP contribution in [0.2, 0.25) is 0 Å². The molecule has 6 heteroatoms. The summed E-state index contributed by atoms with van der Waals surface area (Å²) in [6.45, 7) is 1.44. The first kappa shape index (κ1) is 9.22. The number of aromatic nitrogens is 1. The number of nitrogens with one attached hydrogen (secondary N) is 1. The van der Waals surface area contributed by atoms with Crippen LogP contribution < -0.4 is 0 Å². The van der Waals surface area contributed by atoms with Crippen molar-refractivity contribution in [2.45, 2.75) is 13.0 Å². The maximum absolute atomic E-state index is 10.3. The molecule has 2 N–H and O–H groups in total. The zero-order valence-corrected chi connectivity index (χ0v) is 6.81. The van der Waals surface area contributed by atoms with Crippen molar-refractivity contribution in [3.05, 3.63) is 27.4 Å². The highest BCUT2D eigenvalue weighted by Crippen LogP contribution is 2.22. The number of hydrogen-bond donors (Lipinski definition) is 2. The van der Waals surface area contributed by atoms with Crippen LogP contribution in [0.15, 0.2) is 6.07 Å². The van der Waals surface area contributed by atoms with Crippen LogP contribution in [0.4, 0.5) is 5.82 Å². The van der Waals surface area contributed by atoms with Gasteiger partial charge in [-0.15, -0.1) is 0 Å². The Bertz CT molecular complexity index is 375. The fourth-order valence-electron chi connectivity index (χ4n) is 0.976. The summed E-state index contributed by atoms with van der Waals surface area (Å²) >= 11 is 0. The number of nitriles is 1. The van der Waals surface area contributed by atoms with Gasteiger partial charge in [0.2, 0.25) is 5.69 Å². The van der Waals surface area contributed by atoms with Crippen LogP contribution in [0.5, 0.6) is 0 Å². The number of hydrogen-bond acceptors (Lipinski definition) is 4. The van der Waals surface area contributed by atoms with E-state index in [4.69, 9.17) is 10.4 Å². The summed E-state index contributed by atoms with van der Waals surface area (Å²) in [5.74, 6) is -0.285.